The summed E-state index contributed by atoms with van der Waals surface area (Å²) in [6.45, 7) is 8.20. The lowest BCUT2D eigenvalue weighted by atomic mass is 9.84. The first-order chi connectivity index (χ1) is 22.2. The molecule has 0 unspecified atom stereocenters. The largest absolute Gasteiger partial charge is 0.481 e. The number of benzene rings is 3. The van der Waals surface area contributed by atoms with E-state index in [1.807, 2.05) is 48.5 Å². The van der Waals surface area contributed by atoms with Crippen LogP contribution in [-0.2, 0) is 25.5 Å². The zero-order valence-electron chi connectivity index (χ0n) is 27.3. The van der Waals surface area contributed by atoms with Crippen LogP contribution in [0.25, 0.3) is 11.1 Å². The first-order valence-electron chi connectivity index (χ1n) is 15.7. The van der Waals surface area contributed by atoms with Crippen LogP contribution < -0.4 is 21.7 Å². The van der Waals surface area contributed by atoms with Crippen LogP contribution in [0.4, 0.5) is 14.9 Å². The summed E-state index contributed by atoms with van der Waals surface area (Å²) in [5.41, 5.74) is 9.88. The number of hydrogen-bond acceptors (Lipinski definition) is 6. The zero-order valence-corrected chi connectivity index (χ0v) is 27.3. The fraction of sp³-hybridized carbons (Fsp3) is 0.389. The molecule has 10 nitrogen and oxygen atoms in total. The van der Waals surface area contributed by atoms with Gasteiger partial charge in [-0.3, -0.25) is 14.4 Å². The Bertz CT molecular complexity index is 1600. The molecule has 250 valence electrons. The quantitative estimate of drug-likeness (QED) is 0.171. The maximum Gasteiger partial charge on any atom is 0.407 e. The molecule has 0 saturated carbocycles. The Kier molecular flexibility index (Phi) is 11.0. The van der Waals surface area contributed by atoms with E-state index in [2.05, 4.69) is 16.0 Å². The molecule has 0 spiro atoms. The van der Waals surface area contributed by atoms with Crippen LogP contribution in [0, 0.1) is 17.2 Å². The summed E-state index contributed by atoms with van der Waals surface area (Å²) in [6, 6.07) is 17.6. The Hall–Kier alpha value is -4.77. The molecule has 3 aromatic rings. The van der Waals surface area contributed by atoms with E-state index in [0.717, 1.165) is 22.3 Å². The summed E-state index contributed by atoms with van der Waals surface area (Å²) in [4.78, 5) is 50.3. The monoisotopic (exact) mass is 646 g/mol. The number of carbonyl (C=O) groups excluding carboxylic acids is 3. The van der Waals surface area contributed by atoms with Gasteiger partial charge in [-0.05, 0) is 79.5 Å². The second-order valence-electron chi connectivity index (χ2n) is 13.1. The Morgan fingerprint density at radius 1 is 0.915 bits per heavy atom. The van der Waals surface area contributed by atoms with E-state index in [4.69, 9.17) is 10.5 Å². The van der Waals surface area contributed by atoms with Gasteiger partial charge < -0.3 is 31.5 Å². The maximum atomic E-state index is 14.9. The van der Waals surface area contributed by atoms with Gasteiger partial charge in [-0.2, -0.15) is 0 Å². The van der Waals surface area contributed by atoms with Gasteiger partial charge in [-0.25, -0.2) is 9.18 Å². The molecule has 47 heavy (non-hydrogen) atoms. The lowest BCUT2D eigenvalue weighted by Gasteiger charge is -2.24. The minimum absolute atomic E-state index is 0.0850. The summed E-state index contributed by atoms with van der Waals surface area (Å²) < 4.78 is 20.5. The summed E-state index contributed by atoms with van der Waals surface area (Å²) >= 11 is 0. The first kappa shape index (κ1) is 35.1. The van der Waals surface area contributed by atoms with Crippen LogP contribution in [0.1, 0.15) is 63.6 Å². The van der Waals surface area contributed by atoms with Crippen molar-refractivity contribution in [2.75, 3.05) is 11.9 Å². The van der Waals surface area contributed by atoms with Gasteiger partial charge in [0.25, 0.3) is 0 Å². The van der Waals surface area contributed by atoms with E-state index in [-0.39, 0.29) is 37.0 Å². The number of nitrogens with two attached hydrogens (primary N) is 1. The molecule has 0 radical (unpaired) electrons. The van der Waals surface area contributed by atoms with E-state index in [9.17, 15) is 28.7 Å². The minimum atomic E-state index is -1.06. The maximum absolute atomic E-state index is 14.9. The molecule has 0 saturated heterocycles. The SMILES string of the molecule is CC(C)[C@H](NC(=O)OCC1c2ccccc2-c2ccccc21)C(=O)N[C@@H](C)C(=O)Nc1ccc(C[C@H](N)CC(C)(C)C(=O)O)cc1F. The number of halogens is 1. The van der Waals surface area contributed by atoms with Crippen LogP contribution in [0.5, 0.6) is 0 Å². The van der Waals surface area contributed by atoms with Crippen molar-refractivity contribution in [2.45, 2.75) is 71.5 Å². The number of ether oxygens (including phenoxy) is 1. The average molecular weight is 647 g/mol. The van der Waals surface area contributed by atoms with Gasteiger partial charge >= 0.3 is 12.1 Å². The molecule has 0 bridgehead atoms. The van der Waals surface area contributed by atoms with E-state index in [1.165, 1.54) is 19.1 Å². The molecular weight excluding hydrogens is 603 g/mol. The van der Waals surface area contributed by atoms with Crippen molar-refractivity contribution >= 4 is 29.6 Å². The fourth-order valence-corrected chi connectivity index (χ4v) is 5.82. The van der Waals surface area contributed by atoms with E-state index < -0.39 is 53.2 Å². The second kappa shape index (κ2) is 14.8. The Balaban J connectivity index is 1.30. The van der Waals surface area contributed by atoms with Gasteiger partial charge in [0.1, 0.15) is 24.5 Å². The first-order valence-corrected chi connectivity index (χ1v) is 15.7. The van der Waals surface area contributed by atoms with Crippen molar-refractivity contribution in [3.8, 4) is 11.1 Å². The number of alkyl carbamates (subject to hydrolysis) is 1. The lowest BCUT2D eigenvalue weighted by Crippen LogP contribution is -2.53. The Morgan fingerprint density at radius 3 is 2.06 bits per heavy atom. The third-order valence-electron chi connectivity index (χ3n) is 8.46. The van der Waals surface area contributed by atoms with Crippen molar-refractivity contribution in [3.63, 3.8) is 0 Å². The zero-order chi connectivity index (χ0) is 34.5. The molecule has 1 aliphatic rings. The summed E-state index contributed by atoms with van der Waals surface area (Å²) in [7, 11) is 0. The van der Waals surface area contributed by atoms with Crippen molar-refractivity contribution in [3.05, 3.63) is 89.2 Å². The van der Waals surface area contributed by atoms with Gasteiger partial charge in [0.05, 0.1) is 11.1 Å². The van der Waals surface area contributed by atoms with Crippen molar-refractivity contribution in [1.82, 2.24) is 10.6 Å². The highest BCUT2D eigenvalue weighted by Gasteiger charge is 2.32. The predicted octanol–water partition coefficient (Wildman–Crippen LogP) is 5.20. The number of amides is 3. The number of rotatable bonds is 13. The number of hydrogen-bond donors (Lipinski definition) is 5. The number of aliphatic carboxylic acids is 1. The van der Waals surface area contributed by atoms with E-state index in [0.29, 0.717) is 5.56 Å². The average Bonchev–Trinajstić information content (AvgIpc) is 3.33. The molecule has 4 rings (SSSR count). The summed E-state index contributed by atoms with van der Waals surface area (Å²) in [5.74, 6) is -3.39. The predicted molar refractivity (Wildman–Crippen MR) is 177 cm³/mol. The van der Waals surface area contributed by atoms with Gasteiger partial charge in [-0.15, -0.1) is 0 Å². The molecule has 3 aromatic carbocycles. The fourth-order valence-electron chi connectivity index (χ4n) is 5.82. The third-order valence-corrected chi connectivity index (χ3v) is 8.46. The Labute approximate surface area is 274 Å². The highest BCUT2D eigenvalue weighted by molar-refractivity contribution is 5.98. The van der Waals surface area contributed by atoms with Gasteiger partial charge in [-0.1, -0.05) is 68.4 Å². The van der Waals surface area contributed by atoms with Crippen molar-refractivity contribution in [2.24, 2.45) is 17.1 Å². The lowest BCUT2D eigenvalue weighted by molar-refractivity contribution is -0.147. The van der Waals surface area contributed by atoms with Crippen LogP contribution in [0.15, 0.2) is 66.7 Å². The smallest absolute Gasteiger partial charge is 0.407 e. The second-order valence-corrected chi connectivity index (χ2v) is 13.1. The number of carboxylic acid groups (broad SMARTS) is 1. The molecule has 1 aliphatic carbocycles. The molecule has 3 atom stereocenters. The standard InChI is InChI=1S/C36H43FN4O6/c1-20(2)31(41-35(46)47-19-28-26-12-8-6-10-24(26)25-11-7-9-13-27(25)28)33(43)39-21(3)32(42)40-30-15-14-22(17-29(30)37)16-23(38)18-36(4,5)34(44)45/h6-15,17,20-21,23,28,31H,16,18-19,38H2,1-5H3,(H,39,43)(H,40,42)(H,41,46)(H,44,45)/t21-,23-,31-/m0/s1. The van der Waals surface area contributed by atoms with Crippen LogP contribution in [-0.4, -0.2) is 53.7 Å². The molecule has 0 heterocycles. The summed E-state index contributed by atoms with van der Waals surface area (Å²) in [5, 5.41) is 17.0. The van der Waals surface area contributed by atoms with Gasteiger partial charge in [0.15, 0.2) is 0 Å². The van der Waals surface area contributed by atoms with Crippen molar-refractivity contribution < 1.29 is 33.4 Å². The van der Waals surface area contributed by atoms with Crippen LogP contribution in [0.2, 0.25) is 0 Å². The molecular formula is C36H43FN4O6. The van der Waals surface area contributed by atoms with Crippen LogP contribution >= 0.6 is 0 Å². The topological polar surface area (TPSA) is 160 Å². The number of fused-ring (bicyclic) bond motifs is 3. The highest BCUT2D eigenvalue weighted by atomic mass is 19.1. The number of carbonyl (C=O) groups is 4. The van der Waals surface area contributed by atoms with Gasteiger partial charge in [0.2, 0.25) is 11.8 Å². The van der Waals surface area contributed by atoms with E-state index in [1.54, 1.807) is 33.8 Å². The molecule has 0 fully saturated rings. The molecule has 11 heteroatoms. The Morgan fingerprint density at radius 2 is 1.51 bits per heavy atom. The van der Waals surface area contributed by atoms with E-state index >= 15 is 0 Å². The number of carboxylic acids is 1. The van der Waals surface area contributed by atoms with Gasteiger partial charge in [0, 0.05) is 12.0 Å². The molecule has 0 aliphatic heterocycles. The number of nitrogens with one attached hydrogen (secondary N) is 3. The van der Waals surface area contributed by atoms with Crippen LogP contribution in [0.3, 0.4) is 0 Å². The molecule has 0 aromatic heterocycles. The normalized spacial score (nSPS) is 14.4. The molecule has 6 N–H and O–H groups in total. The number of anilines is 1. The minimum Gasteiger partial charge on any atom is -0.481 e. The summed E-state index contributed by atoms with van der Waals surface area (Å²) in [6.07, 6.45) is -0.305. The third kappa shape index (κ3) is 8.53. The molecule has 3 amide bonds. The highest BCUT2D eigenvalue weighted by Crippen LogP contribution is 2.44. The van der Waals surface area contributed by atoms with Crippen molar-refractivity contribution in [1.29, 1.82) is 0 Å².